The summed E-state index contributed by atoms with van der Waals surface area (Å²) in [5.74, 6) is 0.218. The molecule has 0 amide bonds. The largest absolute Gasteiger partial charge is 0.300 e. The first-order valence-electron chi connectivity index (χ1n) is 9.35. The third kappa shape index (κ3) is 3.12. The summed E-state index contributed by atoms with van der Waals surface area (Å²) in [5, 5.41) is 0. The van der Waals surface area contributed by atoms with Crippen molar-refractivity contribution in [2.75, 3.05) is 0 Å². The summed E-state index contributed by atoms with van der Waals surface area (Å²) >= 11 is 0. The zero-order chi connectivity index (χ0) is 19.0. The Kier molecular flexibility index (Phi) is 4.49. The monoisotopic (exact) mass is 354 g/mol. The predicted octanol–water partition coefficient (Wildman–Crippen LogP) is 5.43. The standard InChI is InChI=1S/C25H22O2/c1-16-8-7-9-18(14-16)23(15-17(2)26)24-19-10-3-5-12-21(19)25(27)22-13-6-4-11-20(22)24/h3-14,23-24H,15H2,1-2H3/t23-/m1/s1. The molecule has 0 saturated carbocycles. The molecule has 0 radical (unpaired) electrons. The lowest BCUT2D eigenvalue weighted by molar-refractivity contribution is -0.117. The van der Waals surface area contributed by atoms with Gasteiger partial charge >= 0.3 is 0 Å². The minimum Gasteiger partial charge on any atom is -0.300 e. The maximum absolute atomic E-state index is 13.0. The number of hydrogen-bond donors (Lipinski definition) is 0. The van der Waals surface area contributed by atoms with Crippen molar-refractivity contribution in [1.29, 1.82) is 0 Å². The molecule has 0 spiro atoms. The SMILES string of the molecule is CC(=O)C[C@H](c1cccc(C)c1)C1c2ccccc2C(=O)c2ccccc21. The van der Waals surface area contributed by atoms with Crippen LogP contribution in [0.3, 0.4) is 0 Å². The maximum Gasteiger partial charge on any atom is 0.193 e. The van der Waals surface area contributed by atoms with Crippen LogP contribution in [0.15, 0.2) is 72.8 Å². The molecule has 1 atom stereocenters. The highest BCUT2D eigenvalue weighted by Gasteiger charge is 2.36. The Hall–Kier alpha value is -3.00. The van der Waals surface area contributed by atoms with E-state index in [0.717, 1.165) is 27.8 Å². The van der Waals surface area contributed by atoms with Gasteiger partial charge in [0.25, 0.3) is 0 Å². The Balaban J connectivity index is 1.96. The number of hydrogen-bond acceptors (Lipinski definition) is 2. The second-order valence-corrected chi connectivity index (χ2v) is 7.41. The number of ketones is 2. The van der Waals surface area contributed by atoms with Crippen LogP contribution in [0.5, 0.6) is 0 Å². The van der Waals surface area contributed by atoms with Crippen LogP contribution in [0.25, 0.3) is 0 Å². The van der Waals surface area contributed by atoms with Gasteiger partial charge in [-0.1, -0.05) is 78.4 Å². The van der Waals surface area contributed by atoms with Crippen LogP contribution in [-0.2, 0) is 4.79 Å². The van der Waals surface area contributed by atoms with Crippen molar-refractivity contribution >= 4 is 11.6 Å². The Bertz CT molecular complexity index is 982. The van der Waals surface area contributed by atoms with Crippen molar-refractivity contribution in [3.63, 3.8) is 0 Å². The van der Waals surface area contributed by atoms with Gasteiger partial charge in [-0.25, -0.2) is 0 Å². The molecule has 27 heavy (non-hydrogen) atoms. The summed E-state index contributed by atoms with van der Waals surface area (Å²) in [5.41, 5.74) is 5.87. The second kappa shape index (κ2) is 6.96. The van der Waals surface area contributed by atoms with Crippen molar-refractivity contribution in [1.82, 2.24) is 0 Å². The van der Waals surface area contributed by atoms with Crippen molar-refractivity contribution in [3.8, 4) is 0 Å². The average molecular weight is 354 g/mol. The maximum atomic E-state index is 13.0. The Morgan fingerprint density at radius 3 is 2.04 bits per heavy atom. The number of fused-ring (bicyclic) bond motifs is 2. The first kappa shape index (κ1) is 17.4. The van der Waals surface area contributed by atoms with E-state index in [1.165, 1.54) is 5.56 Å². The smallest absolute Gasteiger partial charge is 0.193 e. The van der Waals surface area contributed by atoms with Gasteiger partial charge in [0.2, 0.25) is 0 Å². The molecule has 3 aromatic rings. The molecule has 1 aliphatic rings. The molecular weight excluding hydrogens is 332 g/mol. The number of rotatable bonds is 4. The van der Waals surface area contributed by atoms with Crippen LogP contribution >= 0.6 is 0 Å². The van der Waals surface area contributed by atoms with Gasteiger partial charge < -0.3 is 4.79 Å². The molecule has 0 aromatic heterocycles. The number of benzene rings is 3. The highest BCUT2D eigenvalue weighted by Crippen LogP contribution is 2.46. The minimum atomic E-state index is -0.0131. The van der Waals surface area contributed by atoms with Gasteiger partial charge in [-0.15, -0.1) is 0 Å². The first-order valence-corrected chi connectivity index (χ1v) is 9.35. The lowest BCUT2D eigenvalue weighted by atomic mass is 9.68. The molecule has 0 saturated heterocycles. The Morgan fingerprint density at radius 1 is 0.889 bits per heavy atom. The summed E-state index contributed by atoms with van der Waals surface area (Å²) in [4.78, 5) is 25.2. The molecule has 0 aliphatic heterocycles. The van der Waals surface area contributed by atoms with Crippen molar-refractivity contribution < 1.29 is 9.59 Å². The third-order valence-electron chi connectivity index (χ3n) is 5.46. The summed E-state index contributed by atoms with van der Waals surface area (Å²) < 4.78 is 0. The summed E-state index contributed by atoms with van der Waals surface area (Å²) in [6, 6.07) is 24.0. The highest BCUT2D eigenvalue weighted by atomic mass is 16.1. The number of Topliss-reactive ketones (excluding diaryl/α,β-unsaturated/α-hetero) is 1. The van der Waals surface area contributed by atoms with Crippen LogP contribution in [0.2, 0.25) is 0 Å². The highest BCUT2D eigenvalue weighted by molar-refractivity contribution is 6.12. The third-order valence-corrected chi connectivity index (χ3v) is 5.46. The summed E-state index contributed by atoms with van der Waals surface area (Å²) in [7, 11) is 0. The molecule has 4 rings (SSSR count). The van der Waals surface area contributed by atoms with Crippen molar-refractivity contribution in [2.24, 2.45) is 0 Å². The molecule has 0 bridgehead atoms. The zero-order valence-corrected chi connectivity index (χ0v) is 15.6. The molecule has 1 aliphatic carbocycles. The van der Waals surface area contributed by atoms with Gasteiger partial charge in [0, 0.05) is 29.4 Å². The van der Waals surface area contributed by atoms with Gasteiger partial charge in [0.1, 0.15) is 5.78 Å². The second-order valence-electron chi connectivity index (χ2n) is 7.41. The fraction of sp³-hybridized carbons (Fsp3) is 0.200. The van der Waals surface area contributed by atoms with E-state index >= 15 is 0 Å². The fourth-order valence-corrected chi connectivity index (χ4v) is 4.33. The summed E-state index contributed by atoms with van der Waals surface area (Å²) in [6.45, 7) is 3.72. The van der Waals surface area contributed by atoms with Gasteiger partial charge in [-0.3, -0.25) is 4.79 Å². The molecule has 2 nitrogen and oxygen atoms in total. The number of carbonyl (C=O) groups is 2. The van der Waals surface area contributed by atoms with E-state index < -0.39 is 0 Å². The molecule has 134 valence electrons. The Labute approximate surface area is 159 Å². The molecule has 0 heterocycles. The lowest BCUT2D eigenvalue weighted by Crippen LogP contribution is -2.25. The molecule has 0 N–H and O–H groups in total. The van der Waals surface area contributed by atoms with Gasteiger partial charge in [0.05, 0.1) is 0 Å². The van der Waals surface area contributed by atoms with E-state index in [9.17, 15) is 9.59 Å². The van der Waals surface area contributed by atoms with Gasteiger partial charge in [0.15, 0.2) is 5.78 Å². The first-order chi connectivity index (χ1) is 13.1. The van der Waals surface area contributed by atoms with E-state index in [4.69, 9.17) is 0 Å². The normalized spacial score (nSPS) is 14.4. The molecule has 0 fully saturated rings. The topological polar surface area (TPSA) is 34.1 Å². The predicted molar refractivity (Wildman–Crippen MR) is 107 cm³/mol. The van der Waals surface area contributed by atoms with Crippen LogP contribution in [0.4, 0.5) is 0 Å². The van der Waals surface area contributed by atoms with Crippen LogP contribution < -0.4 is 0 Å². The van der Waals surface area contributed by atoms with E-state index in [1.54, 1.807) is 6.92 Å². The van der Waals surface area contributed by atoms with Gasteiger partial charge in [-0.2, -0.15) is 0 Å². The van der Waals surface area contributed by atoms with Gasteiger partial charge in [-0.05, 0) is 30.5 Å². The molecule has 3 aromatic carbocycles. The van der Waals surface area contributed by atoms with E-state index in [1.807, 2.05) is 54.6 Å². The molecular formula is C25H22O2. The fourth-order valence-electron chi connectivity index (χ4n) is 4.33. The summed E-state index contributed by atoms with van der Waals surface area (Å²) in [6.07, 6.45) is 0.449. The Morgan fingerprint density at radius 2 is 1.48 bits per heavy atom. The van der Waals surface area contributed by atoms with E-state index in [-0.39, 0.29) is 23.4 Å². The van der Waals surface area contributed by atoms with E-state index in [0.29, 0.717) is 6.42 Å². The molecule has 2 heteroatoms. The minimum absolute atomic E-state index is 0.00204. The number of carbonyl (C=O) groups excluding carboxylic acids is 2. The number of aryl methyl sites for hydroxylation is 1. The van der Waals surface area contributed by atoms with Crippen molar-refractivity contribution in [2.45, 2.75) is 32.1 Å². The van der Waals surface area contributed by atoms with Crippen LogP contribution in [-0.4, -0.2) is 11.6 Å². The van der Waals surface area contributed by atoms with Crippen LogP contribution in [0, 0.1) is 6.92 Å². The zero-order valence-electron chi connectivity index (χ0n) is 15.6. The van der Waals surface area contributed by atoms with E-state index in [2.05, 4.69) is 25.1 Å². The van der Waals surface area contributed by atoms with Crippen LogP contribution in [0.1, 0.15) is 63.4 Å². The quantitative estimate of drug-likeness (QED) is 0.626. The average Bonchev–Trinajstić information content (AvgIpc) is 2.67. The molecule has 0 unspecified atom stereocenters. The lowest BCUT2D eigenvalue weighted by Gasteiger charge is -2.34. The van der Waals surface area contributed by atoms with Crippen molar-refractivity contribution in [3.05, 3.63) is 106 Å².